The predicted molar refractivity (Wildman–Crippen MR) is 60.7 cm³/mol. The Bertz CT molecular complexity index is 487. The zero-order valence-electron chi connectivity index (χ0n) is 8.36. The van der Waals surface area contributed by atoms with Crippen LogP contribution in [-0.4, -0.2) is 15.0 Å². The minimum Gasteiger partial charge on any atom is -0.350 e. The number of fused-ring (bicyclic) bond motifs is 1. The zero-order chi connectivity index (χ0) is 10.1. The molecule has 0 N–H and O–H groups in total. The lowest BCUT2D eigenvalue weighted by molar-refractivity contribution is 0.686. The first-order chi connectivity index (χ1) is 6.68. The molecule has 14 heavy (non-hydrogen) atoms. The minimum atomic E-state index is -0.773. The van der Waals surface area contributed by atoms with Crippen LogP contribution in [-0.2, 0) is 23.6 Å². The number of aryl methyl sites for hydroxylation is 1. The molecule has 0 fully saturated rings. The molecule has 0 aliphatic heterocycles. The first-order valence-corrected chi connectivity index (χ1v) is 6.24. The summed E-state index contributed by atoms with van der Waals surface area (Å²) in [4.78, 5) is 0. The number of benzene rings is 1. The van der Waals surface area contributed by atoms with E-state index in [0.717, 1.165) is 0 Å². The molecule has 1 atom stereocenters. The lowest BCUT2D eigenvalue weighted by Crippen LogP contribution is -1.90. The summed E-state index contributed by atoms with van der Waals surface area (Å²) >= 11 is 0. The molecule has 0 radical (unpaired) electrons. The summed E-state index contributed by atoms with van der Waals surface area (Å²) in [6.45, 7) is 0. The van der Waals surface area contributed by atoms with Gasteiger partial charge in [0.1, 0.15) is 0 Å². The van der Waals surface area contributed by atoms with Crippen molar-refractivity contribution in [1.29, 1.82) is 0 Å². The Morgan fingerprint density at radius 3 is 2.79 bits per heavy atom. The van der Waals surface area contributed by atoms with Crippen LogP contribution < -0.4 is 0 Å². The second kappa shape index (κ2) is 3.58. The average molecular weight is 207 g/mol. The van der Waals surface area contributed by atoms with E-state index in [9.17, 15) is 4.21 Å². The molecule has 2 rings (SSSR count). The van der Waals surface area contributed by atoms with Crippen molar-refractivity contribution in [2.45, 2.75) is 5.75 Å². The van der Waals surface area contributed by atoms with Crippen LogP contribution in [0.3, 0.4) is 0 Å². The zero-order valence-corrected chi connectivity index (χ0v) is 9.17. The molecule has 0 bridgehead atoms. The topological polar surface area (TPSA) is 22.0 Å². The van der Waals surface area contributed by atoms with Gasteiger partial charge >= 0.3 is 0 Å². The third-order valence-corrected chi connectivity index (χ3v) is 3.06. The fourth-order valence-electron chi connectivity index (χ4n) is 1.76. The number of rotatable bonds is 2. The molecular formula is C11H13NOS. The largest absolute Gasteiger partial charge is 0.350 e. The lowest BCUT2D eigenvalue weighted by Gasteiger charge is -1.94. The SMILES string of the molecule is Cn1cc(CS(C)=O)c2ccccc21. The lowest BCUT2D eigenvalue weighted by atomic mass is 10.2. The van der Waals surface area contributed by atoms with Crippen LogP contribution in [0.5, 0.6) is 0 Å². The van der Waals surface area contributed by atoms with Gasteiger partial charge in [0.2, 0.25) is 0 Å². The van der Waals surface area contributed by atoms with Crippen LogP contribution in [0.15, 0.2) is 30.5 Å². The molecule has 0 aliphatic carbocycles. The molecular weight excluding hydrogens is 194 g/mol. The monoisotopic (exact) mass is 207 g/mol. The second-order valence-electron chi connectivity index (χ2n) is 3.50. The molecule has 0 saturated heterocycles. The Kier molecular flexibility index (Phi) is 2.42. The van der Waals surface area contributed by atoms with E-state index < -0.39 is 10.8 Å². The first kappa shape index (κ1) is 9.46. The van der Waals surface area contributed by atoms with E-state index in [0.29, 0.717) is 5.75 Å². The fourth-order valence-corrected chi connectivity index (χ4v) is 2.43. The van der Waals surface area contributed by atoms with Crippen molar-refractivity contribution < 1.29 is 4.21 Å². The smallest absolute Gasteiger partial charge is 0.0504 e. The quantitative estimate of drug-likeness (QED) is 0.738. The third-order valence-electron chi connectivity index (χ3n) is 2.34. The first-order valence-electron chi connectivity index (χ1n) is 4.51. The van der Waals surface area contributed by atoms with E-state index in [1.807, 2.05) is 19.2 Å². The maximum Gasteiger partial charge on any atom is 0.0504 e. The van der Waals surface area contributed by atoms with Crippen LogP contribution in [0.1, 0.15) is 5.56 Å². The van der Waals surface area contributed by atoms with Gasteiger partial charge in [-0.3, -0.25) is 4.21 Å². The number of aromatic nitrogens is 1. The van der Waals surface area contributed by atoms with Crippen molar-refractivity contribution in [3.63, 3.8) is 0 Å². The van der Waals surface area contributed by atoms with Gasteiger partial charge in [-0.1, -0.05) is 18.2 Å². The van der Waals surface area contributed by atoms with Crippen molar-refractivity contribution in [1.82, 2.24) is 4.57 Å². The van der Waals surface area contributed by atoms with Gasteiger partial charge in [0.05, 0.1) is 5.75 Å². The van der Waals surface area contributed by atoms with E-state index in [4.69, 9.17) is 0 Å². The summed E-state index contributed by atoms with van der Waals surface area (Å²) in [6.07, 6.45) is 3.80. The molecule has 1 unspecified atom stereocenters. The molecule has 0 saturated carbocycles. The number of para-hydroxylation sites is 1. The summed E-state index contributed by atoms with van der Waals surface area (Å²) in [5.41, 5.74) is 2.37. The highest BCUT2D eigenvalue weighted by Crippen LogP contribution is 2.20. The van der Waals surface area contributed by atoms with Gasteiger partial charge in [-0.05, 0) is 11.6 Å². The predicted octanol–water partition coefficient (Wildman–Crippen LogP) is 2.06. The molecule has 2 aromatic rings. The number of nitrogens with zero attached hydrogens (tertiary/aromatic N) is 1. The Labute approximate surface area is 86.0 Å². The van der Waals surface area contributed by atoms with Crippen LogP contribution in [0.4, 0.5) is 0 Å². The van der Waals surface area contributed by atoms with Crippen LogP contribution in [0.2, 0.25) is 0 Å². The maximum absolute atomic E-state index is 11.2. The molecule has 74 valence electrons. The highest BCUT2D eigenvalue weighted by atomic mass is 32.2. The molecule has 1 aromatic heterocycles. The van der Waals surface area contributed by atoms with Crippen molar-refractivity contribution in [3.8, 4) is 0 Å². The Morgan fingerprint density at radius 1 is 1.36 bits per heavy atom. The van der Waals surface area contributed by atoms with Crippen LogP contribution in [0.25, 0.3) is 10.9 Å². The second-order valence-corrected chi connectivity index (χ2v) is 4.93. The molecule has 0 amide bonds. The fraction of sp³-hybridized carbons (Fsp3) is 0.273. The Morgan fingerprint density at radius 2 is 2.07 bits per heavy atom. The summed E-state index contributed by atoms with van der Waals surface area (Å²) in [5, 5.41) is 1.21. The van der Waals surface area contributed by atoms with Gasteiger partial charge in [0.15, 0.2) is 0 Å². The van der Waals surface area contributed by atoms with E-state index in [1.165, 1.54) is 16.5 Å². The molecule has 1 aromatic carbocycles. The van der Waals surface area contributed by atoms with E-state index in [1.54, 1.807) is 6.26 Å². The molecule has 2 nitrogen and oxygen atoms in total. The standard InChI is InChI=1S/C11H13NOS/c1-12-7-9(8-14(2)13)10-5-3-4-6-11(10)12/h3-7H,8H2,1-2H3. The summed E-state index contributed by atoms with van der Waals surface area (Å²) < 4.78 is 13.2. The highest BCUT2D eigenvalue weighted by Gasteiger charge is 2.06. The molecule has 0 aliphatic rings. The van der Waals surface area contributed by atoms with Gasteiger partial charge in [0.25, 0.3) is 0 Å². The van der Waals surface area contributed by atoms with Gasteiger partial charge in [-0.2, -0.15) is 0 Å². The van der Waals surface area contributed by atoms with Gasteiger partial charge < -0.3 is 4.57 Å². The Hall–Kier alpha value is -1.09. The van der Waals surface area contributed by atoms with E-state index in [-0.39, 0.29) is 0 Å². The number of hydrogen-bond donors (Lipinski definition) is 0. The Balaban J connectivity index is 2.60. The van der Waals surface area contributed by atoms with Crippen molar-refractivity contribution >= 4 is 21.7 Å². The summed E-state index contributed by atoms with van der Waals surface area (Å²) in [7, 11) is 1.25. The molecule has 1 heterocycles. The van der Waals surface area contributed by atoms with Crippen molar-refractivity contribution in [2.75, 3.05) is 6.26 Å². The van der Waals surface area contributed by atoms with E-state index in [2.05, 4.69) is 22.9 Å². The van der Waals surface area contributed by atoms with Crippen LogP contribution >= 0.6 is 0 Å². The average Bonchev–Trinajstić information content (AvgIpc) is 2.44. The minimum absolute atomic E-state index is 0.640. The highest BCUT2D eigenvalue weighted by molar-refractivity contribution is 7.83. The van der Waals surface area contributed by atoms with Crippen molar-refractivity contribution in [3.05, 3.63) is 36.0 Å². The summed E-state index contributed by atoms with van der Waals surface area (Å²) in [5.74, 6) is 0.640. The van der Waals surface area contributed by atoms with Crippen LogP contribution in [0, 0.1) is 0 Å². The van der Waals surface area contributed by atoms with Crippen molar-refractivity contribution in [2.24, 2.45) is 7.05 Å². The maximum atomic E-state index is 11.2. The van der Waals surface area contributed by atoms with Gasteiger partial charge in [0, 0.05) is 41.2 Å². The molecule has 0 spiro atoms. The molecule has 3 heteroatoms. The third kappa shape index (κ3) is 1.60. The van der Waals surface area contributed by atoms with Gasteiger partial charge in [-0.15, -0.1) is 0 Å². The van der Waals surface area contributed by atoms with E-state index >= 15 is 0 Å². The normalized spacial score (nSPS) is 13.3. The summed E-state index contributed by atoms with van der Waals surface area (Å²) in [6, 6.07) is 8.20. The number of hydrogen-bond acceptors (Lipinski definition) is 1. The van der Waals surface area contributed by atoms with Gasteiger partial charge in [-0.25, -0.2) is 0 Å².